The van der Waals surface area contributed by atoms with E-state index in [2.05, 4.69) is 5.32 Å². The van der Waals surface area contributed by atoms with E-state index in [4.69, 9.17) is 10.5 Å². The highest BCUT2D eigenvalue weighted by atomic mass is 16.5. The van der Waals surface area contributed by atoms with Crippen molar-refractivity contribution in [2.75, 3.05) is 18.5 Å². The second kappa shape index (κ2) is 8.67. The molecule has 0 saturated heterocycles. The van der Waals surface area contributed by atoms with Crippen molar-refractivity contribution >= 4 is 11.6 Å². The molecule has 0 aliphatic heterocycles. The number of nitrogens with one attached hydrogen (secondary N) is 1. The minimum absolute atomic E-state index is 0.0735. The fourth-order valence-corrected chi connectivity index (χ4v) is 2.89. The zero-order valence-electron chi connectivity index (χ0n) is 12.6. The van der Waals surface area contributed by atoms with Crippen molar-refractivity contribution in [1.29, 1.82) is 0 Å². The monoisotopic (exact) mass is 290 g/mol. The lowest BCUT2D eigenvalue weighted by Crippen LogP contribution is -2.16. The van der Waals surface area contributed by atoms with E-state index >= 15 is 0 Å². The summed E-state index contributed by atoms with van der Waals surface area (Å²) >= 11 is 0. The summed E-state index contributed by atoms with van der Waals surface area (Å²) in [4.78, 5) is 12.1. The van der Waals surface area contributed by atoms with Crippen LogP contribution in [0.25, 0.3) is 0 Å². The molecule has 4 heteroatoms. The number of carbonyl (C=O) groups excluding carboxylic acids is 1. The summed E-state index contributed by atoms with van der Waals surface area (Å²) < 4.78 is 5.54. The highest BCUT2D eigenvalue weighted by molar-refractivity contribution is 5.92. The average Bonchev–Trinajstić information content (AvgIpc) is 2.53. The van der Waals surface area contributed by atoms with Gasteiger partial charge in [-0.3, -0.25) is 4.79 Å². The van der Waals surface area contributed by atoms with Gasteiger partial charge in [-0.2, -0.15) is 0 Å². The number of carbonyl (C=O) groups is 1. The van der Waals surface area contributed by atoms with E-state index in [1.165, 1.54) is 32.1 Å². The Hall–Kier alpha value is -1.55. The number of benzene rings is 1. The van der Waals surface area contributed by atoms with Gasteiger partial charge in [-0.05, 0) is 24.5 Å². The lowest BCUT2D eigenvalue weighted by molar-refractivity contribution is -0.116. The molecule has 1 aromatic carbocycles. The molecule has 1 aliphatic rings. The molecule has 1 aromatic rings. The van der Waals surface area contributed by atoms with Crippen LogP contribution in [0.1, 0.15) is 44.9 Å². The molecule has 1 saturated carbocycles. The van der Waals surface area contributed by atoms with Crippen LogP contribution in [-0.4, -0.2) is 19.1 Å². The molecule has 1 fully saturated rings. The van der Waals surface area contributed by atoms with Gasteiger partial charge in [0.1, 0.15) is 12.4 Å². The summed E-state index contributed by atoms with van der Waals surface area (Å²) in [6.07, 6.45) is 8.15. The van der Waals surface area contributed by atoms with Crippen LogP contribution in [0.4, 0.5) is 5.69 Å². The smallest absolute Gasteiger partial charge is 0.224 e. The number of hydrogen-bond acceptors (Lipinski definition) is 3. The number of anilines is 1. The molecule has 0 spiro atoms. The van der Waals surface area contributed by atoms with Gasteiger partial charge in [-0.15, -0.1) is 0 Å². The van der Waals surface area contributed by atoms with Gasteiger partial charge < -0.3 is 15.8 Å². The quantitative estimate of drug-likeness (QED) is 0.809. The Balaban J connectivity index is 1.81. The van der Waals surface area contributed by atoms with Crippen LogP contribution < -0.4 is 15.8 Å². The van der Waals surface area contributed by atoms with E-state index in [1.54, 1.807) is 0 Å². The maximum atomic E-state index is 12.1. The molecule has 0 unspecified atom stereocenters. The summed E-state index contributed by atoms with van der Waals surface area (Å²) in [7, 11) is 0. The molecule has 4 nitrogen and oxygen atoms in total. The normalized spacial score (nSPS) is 15.7. The number of nitrogens with two attached hydrogens (primary N) is 1. The molecule has 116 valence electrons. The number of hydrogen-bond donors (Lipinski definition) is 2. The second-order valence-electron chi connectivity index (χ2n) is 5.72. The zero-order chi connectivity index (χ0) is 14.9. The van der Waals surface area contributed by atoms with Crippen molar-refractivity contribution < 1.29 is 9.53 Å². The number of amides is 1. The van der Waals surface area contributed by atoms with E-state index < -0.39 is 0 Å². The number of ether oxygens (including phenoxy) is 1. The first kappa shape index (κ1) is 15.8. The molecule has 0 radical (unpaired) electrons. The predicted octanol–water partition coefficient (Wildman–Crippen LogP) is 3.32. The Bertz CT molecular complexity index is 442. The van der Waals surface area contributed by atoms with Gasteiger partial charge in [0, 0.05) is 13.0 Å². The molecule has 1 aliphatic carbocycles. The van der Waals surface area contributed by atoms with Crippen LogP contribution in [0.2, 0.25) is 0 Å². The SMILES string of the molecule is NCCOc1ccccc1NC(=O)CCC1CCCCC1. The van der Waals surface area contributed by atoms with Crippen molar-refractivity contribution in [3.05, 3.63) is 24.3 Å². The molecule has 2 rings (SSSR count). The van der Waals surface area contributed by atoms with Crippen molar-refractivity contribution in [3.63, 3.8) is 0 Å². The molecule has 0 aromatic heterocycles. The van der Waals surface area contributed by atoms with Crippen LogP contribution in [0.5, 0.6) is 5.75 Å². The number of rotatable bonds is 7. The van der Waals surface area contributed by atoms with Crippen molar-refractivity contribution in [3.8, 4) is 5.75 Å². The Labute approximate surface area is 127 Å². The molecule has 0 bridgehead atoms. The second-order valence-corrected chi connectivity index (χ2v) is 5.72. The van der Waals surface area contributed by atoms with E-state index in [0.29, 0.717) is 25.3 Å². The fraction of sp³-hybridized carbons (Fsp3) is 0.588. The van der Waals surface area contributed by atoms with Crippen molar-refractivity contribution in [2.45, 2.75) is 44.9 Å². The predicted molar refractivity (Wildman–Crippen MR) is 85.4 cm³/mol. The van der Waals surface area contributed by atoms with Crippen molar-refractivity contribution in [1.82, 2.24) is 0 Å². The van der Waals surface area contributed by atoms with Crippen LogP contribution in [0.3, 0.4) is 0 Å². The van der Waals surface area contributed by atoms with Crippen LogP contribution in [0.15, 0.2) is 24.3 Å². The molecular formula is C17H26N2O2. The summed E-state index contributed by atoms with van der Waals surface area (Å²) in [6.45, 7) is 0.916. The first-order valence-electron chi connectivity index (χ1n) is 8.01. The Morgan fingerprint density at radius 1 is 1.24 bits per heavy atom. The van der Waals surface area contributed by atoms with Gasteiger partial charge in [0.05, 0.1) is 5.69 Å². The molecule has 1 amide bonds. The highest BCUT2D eigenvalue weighted by Crippen LogP contribution is 2.28. The summed E-state index contributed by atoms with van der Waals surface area (Å²) in [5.41, 5.74) is 6.18. The van der Waals surface area contributed by atoms with Gasteiger partial charge in [0.25, 0.3) is 0 Å². The van der Waals surface area contributed by atoms with Gasteiger partial charge in [0.2, 0.25) is 5.91 Å². The summed E-state index contributed by atoms with van der Waals surface area (Å²) in [5, 5.41) is 2.95. The molecular weight excluding hydrogens is 264 g/mol. The van der Waals surface area contributed by atoms with Gasteiger partial charge >= 0.3 is 0 Å². The lowest BCUT2D eigenvalue weighted by atomic mass is 9.86. The first-order valence-corrected chi connectivity index (χ1v) is 8.01. The van der Waals surface area contributed by atoms with Crippen LogP contribution in [-0.2, 0) is 4.79 Å². The Morgan fingerprint density at radius 2 is 2.00 bits per heavy atom. The maximum absolute atomic E-state index is 12.1. The van der Waals surface area contributed by atoms with E-state index in [-0.39, 0.29) is 5.91 Å². The first-order chi connectivity index (χ1) is 10.3. The average molecular weight is 290 g/mol. The third-order valence-electron chi connectivity index (χ3n) is 4.04. The van der Waals surface area contributed by atoms with Gasteiger partial charge in [0.15, 0.2) is 0 Å². The molecule has 0 heterocycles. The number of para-hydroxylation sites is 2. The van der Waals surface area contributed by atoms with E-state index in [1.807, 2.05) is 24.3 Å². The highest BCUT2D eigenvalue weighted by Gasteiger charge is 2.15. The van der Waals surface area contributed by atoms with Gasteiger partial charge in [-0.1, -0.05) is 44.2 Å². The maximum Gasteiger partial charge on any atom is 0.224 e. The minimum Gasteiger partial charge on any atom is -0.490 e. The Morgan fingerprint density at radius 3 is 2.76 bits per heavy atom. The lowest BCUT2D eigenvalue weighted by Gasteiger charge is -2.21. The topological polar surface area (TPSA) is 64.3 Å². The zero-order valence-corrected chi connectivity index (χ0v) is 12.6. The third kappa shape index (κ3) is 5.38. The Kier molecular flexibility index (Phi) is 6.54. The van der Waals surface area contributed by atoms with Crippen molar-refractivity contribution in [2.24, 2.45) is 11.7 Å². The van der Waals surface area contributed by atoms with E-state index in [0.717, 1.165) is 18.0 Å². The molecule has 3 N–H and O–H groups in total. The summed E-state index contributed by atoms with van der Waals surface area (Å²) in [6, 6.07) is 7.51. The van der Waals surface area contributed by atoms with Gasteiger partial charge in [-0.25, -0.2) is 0 Å². The molecule has 21 heavy (non-hydrogen) atoms. The third-order valence-corrected chi connectivity index (χ3v) is 4.04. The largest absolute Gasteiger partial charge is 0.490 e. The van der Waals surface area contributed by atoms with Crippen LogP contribution in [0, 0.1) is 5.92 Å². The molecule has 0 atom stereocenters. The minimum atomic E-state index is 0.0735. The summed E-state index contributed by atoms with van der Waals surface area (Å²) in [5.74, 6) is 1.49. The fourth-order valence-electron chi connectivity index (χ4n) is 2.89. The standard InChI is InChI=1S/C17H26N2O2/c18-12-13-21-16-9-5-4-8-15(16)19-17(20)11-10-14-6-2-1-3-7-14/h4-5,8-9,14H,1-3,6-7,10-13,18H2,(H,19,20). The van der Waals surface area contributed by atoms with Crippen LogP contribution >= 0.6 is 0 Å². The van der Waals surface area contributed by atoms with E-state index in [9.17, 15) is 4.79 Å².